The minimum atomic E-state index is 0.601. The Balaban J connectivity index is 2.20. The monoisotopic (exact) mass is 307 g/mol. The Kier molecular flexibility index (Phi) is 4.07. The lowest BCUT2D eigenvalue weighted by Gasteiger charge is -2.12. The third kappa shape index (κ3) is 3.35. The van der Waals surface area contributed by atoms with Crippen LogP contribution in [0.1, 0.15) is 19.4 Å². The molecule has 0 aliphatic heterocycles. The lowest BCUT2D eigenvalue weighted by atomic mass is 10.2. The van der Waals surface area contributed by atoms with Crippen molar-refractivity contribution in [2.75, 3.05) is 5.32 Å². The first-order valence-electron chi connectivity index (χ1n) is 6.10. The average molecular weight is 308 g/mol. The summed E-state index contributed by atoms with van der Waals surface area (Å²) in [5, 5.41) is 3.36. The fourth-order valence-electron chi connectivity index (χ4n) is 1.91. The van der Waals surface area contributed by atoms with Gasteiger partial charge in [0.1, 0.15) is 0 Å². The average Bonchev–Trinajstić information content (AvgIpc) is 2.63. The van der Waals surface area contributed by atoms with Crippen molar-refractivity contribution in [2.45, 2.75) is 27.3 Å². The van der Waals surface area contributed by atoms with Gasteiger partial charge in [-0.05, 0) is 36.6 Å². The summed E-state index contributed by atoms with van der Waals surface area (Å²) in [6.07, 6.45) is 3.84. The summed E-state index contributed by atoms with van der Waals surface area (Å²) in [6.45, 7) is 7.45. The highest BCUT2D eigenvalue weighted by atomic mass is 79.9. The zero-order valence-electron chi connectivity index (χ0n) is 10.9. The van der Waals surface area contributed by atoms with Gasteiger partial charge in [-0.3, -0.25) is 0 Å². The van der Waals surface area contributed by atoms with Gasteiger partial charge in [0.25, 0.3) is 0 Å². The normalized spacial score (nSPS) is 10.9. The molecule has 0 spiro atoms. The summed E-state index contributed by atoms with van der Waals surface area (Å²) in [4.78, 5) is 4.36. The standard InChI is InChI=1S/C14H18BrN3/c1-10(2)9-18-5-4-16-14(18)17-13-7-11(3)6-12(15)8-13/h4-8,10H,9H2,1-3H3,(H,16,17). The molecule has 0 saturated heterocycles. The molecule has 2 aromatic rings. The van der Waals surface area contributed by atoms with Gasteiger partial charge in [-0.15, -0.1) is 0 Å². The largest absolute Gasteiger partial charge is 0.326 e. The molecule has 96 valence electrons. The lowest BCUT2D eigenvalue weighted by molar-refractivity contribution is 0.527. The van der Waals surface area contributed by atoms with Crippen LogP contribution in [-0.4, -0.2) is 9.55 Å². The van der Waals surface area contributed by atoms with Crippen molar-refractivity contribution in [3.63, 3.8) is 0 Å². The van der Waals surface area contributed by atoms with Crippen LogP contribution in [-0.2, 0) is 6.54 Å². The van der Waals surface area contributed by atoms with Crippen LogP contribution < -0.4 is 5.32 Å². The highest BCUT2D eigenvalue weighted by molar-refractivity contribution is 9.10. The number of hydrogen-bond donors (Lipinski definition) is 1. The number of imidazole rings is 1. The molecule has 1 aromatic carbocycles. The molecule has 0 bridgehead atoms. The fraction of sp³-hybridized carbons (Fsp3) is 0.357. The second-order valence-electron chi connectivity index (χ2n) is 4.94. The predicted molar refractivity (Wildman–Crippen MR) is 79.2 cm³/mol. The number of hydrogen-bond acceptors (Lipinski definition) is 2. The van der Waals surface area contributed by atoms with E-state index in [-0.39, 0.29) is 0 Å². The quantitative estimate of drug-likeness (QED) is 0.910. The van der Waals surface area contributed by atoms with E-state index >= 15 is 0 Å². The summed E-state index contributed by atoms with van der Waals surface area (Å²) in [5.74, 6) is 1.49. The summed E-state index contributed by atoms with van der Waals surface area (Å²) in [7, 11) is 0. The molecule has 3 nitrogen and oxygen atoms in total. The molecule has 1 heterocycles. The van der Waals surface area contributed by atoms with Crippen LogP contribution >= 0.6 is 15.9 Å². The van der Waals surface area contributed by atoms with Gasteiger partial charge in [0, 0.05) is 29.1 Å². The van der Waals surface area contributed by atoms with Gasteiger partial charge >= 0.3 is 0 Å². The zero-order valence-corrected chi connectivity index (χ0v) is 12.5. The number of aromatic nitrogens is 2. The van der Waals surface area contributed by atoms with Crippen LogP contribution in [0.25, 0.3) is 0 Å². The first kappa shape index (κ1) is 13.1. The Hall–Kier alpha value is -1.29. The van der Waals surface area contributed by atoms with E-state index in [2.05, 4.69) is 69.8 Å². The van der Waals surface area contributed by atoms with Crippen molar-refractivity contribution in [2.24, 2.45) is 5.92 Å². The van der Waals surface area contributed by atoms with E-state index in [1.165, 1.54) is 5.56 Å². The number of aryl methyl sites for hydroxylation is 1. The molecule has 0 saturated carbocycles. The predicted octanol–water partition coefficient (Wildman–Crippen LogP) is 4.35. The van der Waals surface area contributed by atoms with E-state index in [0.29, 0.717) is 5.92 Å². The van der Waals surface area contributed by atoms with Gasteiger partial charge in [0.2, 0.25) is 5.95 Å². The van der Waals surface area contributed by atoms with Crippen molar-refractivity contribution in [3.05, 3.63) is 40.6 Å². The van der Waals surface area contributed by atoms with E-state index < -0.39 is 0 Å². The molecule has 18 heavy (non-hydrogen) atoms. The molecule has 0 fully saturated rings. The SMILES string of the molecule is Cc1cc(Br)cc(Nc2nccn2CC(C)C)c1. The number of nitrogens with one attached hydrogen (secondary N) is 1. The minimum Gasteiger partial charge on any atom is -0.326 e. The van der Waals surface area contributed by atoms with Gasteiger partial charge in [0.05, 0.1) is 0 Å². The second kappa shape index (κ2) is 5.57. The number of anilines is 2. The first-order chi connectivity index (χ1) is 8.54. The summed E-state index contributed by atoms with van der Waals surface area (Å²) in [5.41, 5.74) is 2.27. The van der Waals surface area contributed by atoms with Crippen molar-refractivity contribution >= 4 is 27.6 Å². The second-order valence-corrected chi connectivity index (χ2v) is 5.85. The van der Waals surface area contributed by atoms with Crippen LogP contribution in [0.15, 0.2) is 35.1 Å². The van der Waals surface area contributed by atoms with Gasteiger partial charge in [-0.1, -0.05) is 29.8 Å². The molecule has 1 N–H and O–H groups in total. The Morgan fingerprint density at radius 2 is 2.11 bits per heavy atom. The Morgan fingerprint density at radius 1 is 1.33 bits per heavy atom. The van der Waals surface area contributed by atoms with Crippen LogP contribution in [0.4, 0.5) is 11.6 Å². The molecule has 4 heteroatoms. The fourth-order valence-corrected chi connectivity index (χ4v) is 2.52. The van der Waals surface area contributed by atoms with Crippen molar-refractivity contribution in [3.8, 4) is 0 Å². The molecule has 1 aromatic heterocycles. The van der Waals surface area contributed by atoms with E-state index in [1.807, 2.05) is 12.4 Å². The molecule has 0 atom stereocenters. The van der Waals surface area contributed by atoms with E-state index in [4.69, 9.17) is 0 Å². The van der Waals surface area contributed by atoms with Crippen LogP contribution in [0.3, 0.4) is 0 Å². The smallest absolute Gasteiger partial charge is 0.207 e. The number of halogens is 1. The molecule has 0 aliphatic rings. The Morgan fingerprint density at radius 3 is 2.78 bits per heavy atom. The molecular weight excluding hydrogens is 290 g/mol. The number of rotatable bonds is 4. The molecule has 0 radical (unpaired) electrons. The van der Waals surface area contributed by atoms with Gasteiger partial charge in [-0.2, -0.15) is 0 Å². The van der Waals surface area contributed by atoms with Gasteiger partial charge in [0.15, 0.2) is 0 Å². The summed E-state index contributed by atoms with van der Waals surface area (Å²) in [6, 6.07) is 6.26. The minimum absolute atomic E-state index is 0.601. The summed E-state index contributed by atoms with van der Waals surface area (Å²) >= 11 is 3.51. The molecular formula is C14H18BrN3. The lowest BCUT2D eigenvalue weighted by Crippen LogP contribution is -2.07. The third-order valence-corrected chi connectivity index (χ3v) is 3.03. The molecule has 0 aliphatic carbocycles. The zero-order chi connectivity index (χ0) is 13.1. The van der Waals surface area contributed by atoms with Crippen LogP contribution in [0.2, 0.25) is 0 Å². The van der Waals surface area contributed by atoms with Crippen molar-refractivity contribution < 1.29 is 0 Å². The number of benzene rings is 1. The van der Waals surface area contributed by atoms with Gasteiger partial charge < -0.3 is 9.88 Å². The maximum absolute atomic E-state index is 4.36. The first-order valence-corrected chi connectivity index (χ1v) is 6.89. The van der Waals surface area contributed by atoms with Crippen LogP contribution in [0.5, 0.6) is 0 Å². The number of nitrogens with zero attached hydrogens (tertiary/aromatic N) is 2. The Bertz CT molecular complexity index is 511. The highest BCUT2D eigenvalue weighted by Gasteiger charge is 2.05. The maximum atomic E-state index is 4.36. The summed E-state index contributed by atoms with van der Waals surface area (Å²) < 4.78 is 3.22. The van der Waals surface area contributed by atoms with Gasteiger partial charge in [-0.25, -0.2) is 4.98 Å². The van der Waals surface area contributed by atoms with E-state index in [9.17, 15) is 0 Å². The van der Waals surface area contributed by atoms with E-state index in [0.717, 1.165) is 22.7 Å². The topological polar surface area (TPSA) is 29.9 Å². The molecule has 2 rings (SSSR count). The Labute approximate surface area is 116 Å². The van der Waals surface area contributed by atoms with Crippen molar-refractivity contribution in [1.82, 2.24) is 9.55 Å². The van der Waals surface area contributed by atoms with Crippen molar-refractivity contribution in [1.29, 1.82) is 0 Å². The van der Waals surface area contributed by atoms with Crippen LogP contribution in [0, 0.1) is 12.8 Å². The third-order valence-electron chi connectivity index (χ3n) is 2.58. The molecule has 0 unspecified atom stereocenters. The maximum Gasteiger partial charge on any atom is 0.207 e. The molecule has 0 amide bonds. The van der Waals surface area contributed by atoms with E-state index in [1.54, 1.807) is 0 Å². The highest BCUT2D eigenvalue weighted by Crippen LogP contribution is 2.22.